The van der Waals surface area contributed by atoms with Crippen molar-refractivity contribution in [2.75, 3.05) is 18.4 Å². The molecule has 228 valence electrons. The molecule has 4 aromatic carbocycles. The minimum absolute atomic E-state index is 0.193. The highest BCUT2D eigenvalue weighted by molar-refractivity contribution is 6.09. The molecule has 4 rings (SSSR count). The first-order valence-electron chi connectivity index (χ1n) is 14.4. The van der Waals surface area contributed by atoms with E-state index in [-0.39, 0.29) is 11.5 Å². The van der Waals surface area contributed by atoms with Crippen LogP contribution >= 0.6 is 0 Å². The highest BCUT2D eigenvalue weighted by Crippen LogP contribution is 2.32. The fraction of sp³-hybridized carbons (Fsp3) is 0.229. The number of hydrogen-bond donors (Lipinski definition) is 2. The van der Waals surface area contributed by atoms with Gasteiger partial charge in [0.05, 0.1) is 5.56 Å². The minimum atomic E-state index is -4.46. The second-order valence-corrected chi connectivity index (χ2v) is 10.3. The number of anilines is 1. The second kappa shape index (κ2) is 14.0. The molecule has 6 nitrogen and oxygen atoms in total. The summed E-state index contributed by atoms with van der Waals surface area (Å²) in [6.45, 7) is 6.72. The van der Waals surface area contributed by atoms with Crippen molar-refractivity contribution in [1.82, 2.24) is 10.2 Å². The van der Waals surface area contributed by atoms with Gasteiger partial charge < -0.3 is 15.5 Å². The van der Waals surface area contributed by atoms with Gasteiger partial charge in [0, 0.05) is 29.9 Å². The number of hydrogen-bond acceptors (Lipinski definition) is 3. The number of amides is 3. The molecule has 0 fully saturated rings. The number of alkyl halides is 3. The molecule has 0 saturated heterocycles. The molecule has 0 aliphatic heterocycles. The van der Waals surface area contributed by atoms with E-state index < -0.39 is 29.6 Å². The number of rotatable bonds is 10. The Bertz CT molecular complexity index is 1620. The molecule has 4 aromatic rings. The Morgan fingerprint density at radius 2 is 1.48 bits per heavy atom. The normalized spacial score (nSPS) is 11.9. The molecular weight excluding hydrogens is 567 g/mol. The zero-order valence-electron chi connectivity index (χ0n) is 24.7. The van der Waals surface area contributed by atoms with E-state index in [0.717, 1.165) is 18.6 Å². The third-order valence-electron chi connectivity index (χ3n) is 7.27. The van der Waals surface area contributed by atoms with Gasteiger partial charge >= 0.3 is 6.18 Å². The lowest BCUT2D eigenvalue weighted by Crippen LogP contribution is -2.43. The van der Waals surface area contributed by atoms with E-state index in [0.29, 0.717) is 46.6 Å². The average molecular weight is 602 g/mol. The van der Waals surface area contributed by atoms with E-state index in [1.165, 1.54) is 12.1 Å². The SMILES string of the molecule is CCCN(CC)C(=O)[C@@H](NC(=O)c1ccc(NC(=O)c2ccccc2-c2ccc(C(F)(F)F)cc2)c(C)c1)c1ccccc1. The fourth-order valence-corrected chi connectivity index (χ4v) is 4.93. The van der Waals surface area contributed by atoms with Crippen molar-refractivity contribution in [2.45, 2.75) is 39.4 Å². The molecule has 3 amide bonds. The van der Waals surface area contributed by atoms with Crippen molar-refractivity contribution in [3.63, 3.8) is 0 Å². The number of likely N-dealkylation sites (N-methyl/N-ethyl adjacent to an activating group) is 1. The lowest BCUT2D eigenvalue weighted by atomic mass is 9.98. The van der Waals surface area contributed by atoms with Crippen LogP contribution in [0.3, 0.4) is 0 Å². The molecule has 0 aromatic heterocycles. The van der Waals surface area contributed by atoms with Crippen LogP contribution in [0.4, 0.5) is 18.9 Å². The quantitative estimate of drug-likeness (QED) is 0.196. The summed E-state index contributed by atoms with van der Waals surface area (Å²) in [4.78, 5) is 41.8. The lowest BCUT2D eigenvalue weighted by Gasteiger charge is -2.27. The lowest BCUT2D eigenvalue weighted by molar-refractivity contribution is -0.137. The summed E-state index contributed by atoms with van der Waals surface area (Å²) in [7, 11) is 0. The van der Waals surface area contributed by atoms with Crippen LogP contribution in [0.5, 0.6) is 0 Å². The number of carbonyl (C=O) groups is 3. The zero-order valence-corrected chi connectivity index (χ0v) is 24.7. The van der Waals surface area contributed by atoms with Gasteiger partial charge in [0.25, 0.3) is 11.8 Å². The minimum Gasteiger partial charge on any atom is -0.341 e. The van der Waals surface area contributed by atoms with Crippen LogP contribution in [0, 0.1) is 6.92 Å². The van der Waals surface area contributed by atoms with Gasteiger partial charge in [-0.05, 0) is 78.9 Å². The molecule has 0 radical (unpaired) electrons. The van der Waals surface area contributed by atoms with Crippen LogP contribution in [0.2, 0.25) is 0 Å². The van der Waals surface area contributed by atoms with E-state index in [4.69, 9.17) is 0 Å². The summed E-state index contributed by atoms with van der Waals surface area (Å²) in [5, 5.41) is 5.74. The molecule has 0 aliphatic carbocycles. The summed E-state index contributed by atoms with van der Waals surface area (Å²) < 4.78 is 39.1. The van der Waals surface area contributed by atoms with E-state index in [2.05, 4.69) is 10.6 Å². The van der Waals surface area contributed by atoms with Crippen molar-refractivity contribution in [1.29, 1.82) is 0 Å². The molecule has 0 bridgehead atoms. The summed E-state index contributed by atoms with van der Waals surface area (Å²) in [5.41, 5.74) is 2.53. The first-order chi connectivity index (χ1) is 21.0. The van der Waals surface area contributed by atoms with Crippen LogP contribution in [0.15, 0.2) is 97.1 Å². The van der Waals surface area contributed by atoms with Crippen LogP contribution in [-0.2, 0) is 11.0 Å². The number of aryl methyl sites for hydroxylation is 1. The predicted octanol–water partition coefficient (Wildman–Crippen LogP) is 7.66. The van der Waals surface area contributed by atoms with E-state index in [1.54, 1.807) is 66.4 Å². The molecular formula is C35H34F3N3O3. The van der Waals surface area contributed by atoms with Crippen LogP contribution < -0.4 is 10.6 Å². The van der Waals surface area contributed by atoms with Crippen LogP contribution in [-0.4, -0.2) is 35.7 Å². The zero-order chi connectivity index (χ0) is 31.9. The Hall–Kier alpha value is -4.92. The number of carbonyl (C=O) groups excluding carboxylic acids is 3. The molecule has 9 heteroatoms. The van der Waals surface area contributed by atoms with Gasteiger partial charge in [-0.15, -0.1) is 0 Å². The van der Waals surface area contributed by atoms with E-state index >= 15 is 0 Å². The maximum Gasteiger partial charge on any atom is 0.416 e. The molecule has 2 N–H and O–H groups in total. The maximum absolute atomic E-state index is 13.4. The largest absolute Gasteiger partial charge is 0.416 e. The summed E-state index contributed by atoms with van der Waals surface area (Å²) in [6, 6.07) is 24.3. The smallest absolute Gasteiger partial charge is 0.341 e. The Balaban J connectivity index is 1.53. The number of nitrogens with one attached hydrogen (secondary N) is 2. The maximum atomic E-state index is 13.4. The number of benzene rings is 4. The Kier molecular flexibility index (Phi) is 10.2. The standard InChI is InChI=1S/C35H34F3N3O3/c1-4-21-41(5-2)34(44)31(25-11-7-6-8-12-25)40-32(42)26-17-20-30(23(3)22-26)39-33(43)29-14-10-9-13-28(29)24-15-18-27(19-16-24)35(36,37)38/h6-20,22,31H,4-5,21H2,1-3H3,(H,39,43)(H,40,42)/t31-/m0/s1. The Labute approximate surface area is 254 Å². The molecule has 0 saturated carbocycles. The monoisotopic (exact) mass is 601 g/mol. The first-order valence-corrected chi connectivity index (χ1v) is 14.4. The van der Waals surface area contributed by atoms with Crippen molar-refractivity contribution in [2.24, 2.45) is 0 Å². The third-order valence-corrected chi connectivity index (χ3v) is 7.27. The molecule has 1 atom stereocenters. The van der Waals surface area contributed by atoms with Crippen molar-refractivity contribution in [3.05, 3.63) is 125 Å². The molecule has 0 spiro atoms. The van der Waals surface area contributed by atoms with Gasteiger partial charge in [-0.3, -0.25) is 14.4 Å². The second-order valence-electron chi connectivity index (χ2n) is 10.3. The predicted molar refractivity (Wildman–Crippen MR) is 165 cm³/mol. The molecule has 0 heterocycles. The van der Waals surface area contributed by atoms with Gasteiger partial charge in [-0.1, -0.05) is 67.6 Å². The number of nitrogens with zero attached hydrogens (tertiary/aromatic N) is 1. The summed E-state index contributed by atoms with van der Waals surface area (Å²) >= 11 is 0. The van der Waals surface area contributed by atoms with Crippen LogP contribution in [0.25, 0.3) is 11.1 Å². The Morgan fingerprint density at radius 1 is 0.818 bits per heavy atom. The molecule has 44 heavy (non-hydrogen) atoms. The van der Waals surface area contributed by atoms with Gasteiger partial charge in [0.15, 0.2) is 0 Å². The highest BCUT2D eigenvalue weighted by Gasteiger charge is 2.30. The Morgan fingerprint density at radius 3 is 2.09 bits per heavy atom. The summed E-state index contributed by atoms with van der Waals surface area (Å²) in [5.74, 6) is -1.08. The van der Waals surface area contributed by atoms with Crippen LogP contribution in [0.1, 0.15) is 63.7 Å². The van der Waals surface area contributed by atoms with Crippen molar-refractivity contribution >= 4 is 23.4 Å². The van der Waals surface area contributed by atoms with E-state index in [1.807, 2.05) is 32.0 Å². The third kappa shape index (κ3) is 7.53. The average Bonchev–Trinajstić information content (AvgIpc) is 3.03. The molecule has 0 aliphatic rings. The fourth-order valence-electron chi connectivity index (χ4n) is 4.93. The van der Waals surface area contributed by atoms with Crippen molar-refractivity contribution in [3.8, 4) is 11.1 Å². The van der Waals surface area contributed by atoms with Crippen molar-refractivity contribution < 1.29 is 27.6 Å². The number of halogens is 3. The summed E-state index contributed by atoms with van der Waals surface area (Å²) in [6.07, 6.45) is -3.67. The van der Waals surface area contributed by atoms with Gasteiger partial charge in [0.1, 0.15) is 6.04 Å². The van der Waals surface area contributed by atoms with Gasteiger partial charge in [-0.2, -0.15) is 13.2 Å². The van der Waals surface area contributed by atoms with Gasteiger partial charge in [-0.25, -0.2) is 0 Å². The molecule has 0 unspecified atom stereocenters. The van der Waals surface area contributed by atoms with E-state index in [9.17, 15) is 27.6 Å². The first kappa shape index (κ1) is 32.0. The topological polar surface area (TPSA) is 78.5 Å². The van der Waals surface area contributed by atoms with Gasteiger partial charge in [0.2, 0.25) is 5.91 Å². The highest BCUT2D eigenvalue weighted by atomic mass is 19.4.